The van der Waals surface area contributed by atoms with Gasteiger partial charge in [-0.2, -0.15) is 5.26 Å². The van der Waals surface area contributed by atoms with Gasteiger partial charge < -0.3 is 5.32 Å². The predicted octanol–water partition coefficient (Wildman–Crippen LogP) is 2.98. The van der Waals surface area contributed by atoms with Crippen LogP contribution < -0.4 is 5.32 Å². The molecule has 0 heterocycles. The van der Waals surface area contributed by atoms with Gasteiger partial charge >= 0.3 is 0 Å². The number of amides is 1. The van der Waals surface area contributed by atoms with E-state index in [0.29, 0.717) is 5.56 Å². The van der Waals surface area contributed by atoms with Crippen LogP contribution in [0.1, 0.15) is 12.5 Å². The van der Waals surface area contributed by atoms with E-state index in [9.17, 15) is 4.79 Å². The van der Waals surface area contributed by atoms with Crippen molar-refractivity contribution in [3.63, 3.8) is 0 Å². The number of hydrogen-bond acceptors (Lipinski definition) is 2. The number of carbonyl (C=O) groups is 1. The summed E-state index contributed by atoms with van der Waals surface area (Å²) in [7, 11) is 0. The maximum absolute atomic E-state index is 10.9. The maximum Gasteiger partial charge on any atom is 0.221 e. The Morgan fingerprint density at radius 1 is 1.28 bits per heavy atom. The highest BCUT2D eigenvalue weighted by Gasteiger charge is 2.00. The number of carbonyl (C=O) groups excluding carboxylic acids is 1. The molecule has 2 rings (SSSR count). The standard InChI is InChI=1S/C15H11N2O/c1-11(18)17-15-7-5-13(6-8-15)14-4-2-3-12(9-14)10-16/h2-3,5-9H,1H3,(H,17,18). The Balaban J connectivity index is 2.29. The van der Waals surface area contributed by atoms with E-state index >= 15 is 0 Å². The summed E-state index contributed by atoms with van der Waals surface area (Å²) in [6.07, 6.45) is 0. The zero-order valence-corrected chi connectivity index (χ0v) is 9.90. The summed E-state index contributed by atoms with van der Waals surface area (Å²) in [5.74, 6) is -0.0965. The highest BCUT2D eigenvalue weighted by molar-refractivity contribution is 5.89. The van der Waals surface area contributed by atoms with Gasteiger partial charge in [-0.15, -0.1) is 0 Å². The van der Waals surface area contributed by atoms with Crippen LogP contribution in [0.2, 0.25) is 0 Å². The van der Waals surface area contributed by atoms with E-state index in [0.717, 1.165) is 16.8 Å². The van der Waals surface area contributed by atoms with Gasteiger partial charge in [-0.05, 0) is 41.5 Å². The summed E-state index contributed by atoms with van der Waals surface area (Å²) < 4.78 is 0. The van der Waals surface area contributed by atoms with Crippen molar-refractivity contribution in [1.82, 2.24) is 0 Å². The van der Waals surface area contributed by atoms with Crippen molar-refractivity contribution in [3.8, 4) is 17.2 Å². The third-order valence-electron chi connectivity index (χ3n) is 2.45. The molecule has 0 saturated carbocycles. The lowest BCUT2D eigenvalue weighted by Gasteiger charge is -2.04. The molecule has 0 aliphatic rings. The molecule has 1 amide bonds. The van der Waals surface area contributed by atoms with Gasteiger partial charge in [0, 0.05) is 12.6 Å². The average molecular weight is 235 g/mol. The van der Waals surface area contributed by atoms with Crippen LogP contribution in [0.5, 0.6) is 0 Å². The van der Waals surface area contributed by atoms with Gasteiger partial charge in [-0.1, -0.05) is 18.2 Å². The van der Waals surface area contributed by atoms with E-state index in [2.05, 4.69) is 17.5 Å². The summed E-state index contributed by atoms with van der Waals surface area (Å²) in [5, 5.41) is 11.5. The van der Waals surface area contributed by atoms with Gasteiger partial charge in [0.2, 0.25) is 5.91 Å². The first kappa shape index (κ1) is 11.9. The van der Waals surface area contributed by atoms with Crippen molar-refractivity contribution in [2.24, 2.45) is 0 Å². The third kappa shape index (κ3) is 2.74. The number of nitrogens with zero attached hydrogens (tertiary/aromatic N) is 1. The SMILES string of the molecule is CC(=O)Nc1ccc(-c2[c]ccc(C#N)c2)cc1. The first-order valence-electron chi connectivity index (χ1n) is 5.49. The van der Waals surface area contributed by atoms with Crippen molar-refractivity contribution in [3.05, 3.63) is 54.1 Å². The first-order valence-corrected chi connectivity index (χ1v) is 5.49. The number of nitriles is 1. The molecule has 1 radical (unpaired) electrons. The average Bonchev–Trinajstić information content (AvgIpc) is 2.39. The van der Waals surface area contributed by atoms with Crippen LogP contribution in [0.4, 0.5) is 5.69 Å². The molecule has 0 aliphatic carbocycles. The van der Waals surface area contributed by atoms with Crippen molar-refractivity contribution in [1.29, 1.82) is 5.26 Å². The van der Waals surface area contributed by atoms with Crippen molar-refractivity contribution >= 4 is 11.6 Å². The molecule has 0 aliphatic heterocycles. The molecular weight excluding hydrogens is 224 g/mol. The van der Waals surface area contributed by atoms with Gasteiger partial charge in [0.05, 0.1) is 11.6 Å². The molecule has 0 fully saturated rings. The Labute approximate surface area is 106 Å². The molecule has 0 spiro atoms. The normalized spacial score (nSPS) is 9.56. The van der Waals surface area contributed by atoms with Gasteiger partial charge in [0.15, 0.2) is 0 Å². The number of rotatable bonds is 2. The predicted molar refractivity (Wildman–Crippen MR) is 69.7 cm³/mol. The molecule has 87 valence electrons. The fourth-order valence-corrected chi connectivity index (χ4v) is 1.64. The van der Waals surface area contributed by atoms with Crippen molar-refractivity contribution in [2.75, 3.05) is 5.32 Å². The van der Waals surface area contributed by atoms with E-state index < -0.39 is 0 Å². The Kier molecular flexibility index (Phi) is 3.40. The number of benzene rings is 2. The third-order valence-corrected chi connectivity index (χ3v) is 2.45. The van der Waals surface area contributed by atoms with Crippen molar-refractivity contribution < 1.29 is 4.79 Å². The zero-order chi connectivity index (χ0) is 13.0. The minimum atomic E-state index is -0.0965. The van der Waals surface area contributed by atoms with Crippen LogP contribution in [0.3, 0.4) is 0 Å². The zero-order valence-electron chi connectivity index (χ0n) is 9.90. The van der Waals surface area contributed by atoms with E-state index in [1.54, 1.807) is 18.2 Å². The second kappa shape index (κ2) is 5.15. The summed E-state index contributed by atoms with van der Waals surface area (Å²) in [4.78, 5) is 10.9. The first-order chi connectivity index (χ1) is 8.69. The molecular formula is C15H11N2O. The molecule has 2 aromatic rings. The highest BCUT2D eigenvalue weighted by atomic mass is 16.1. The van der Waals surface area contributed by atoms with E-state index in [1.165, 1.54) is 6.92 Å². The van der Waals surface area contributed by atoms with Gasteiger partial charge in [-0.25, -0.2) is 0 Å². The van der Waals surface area contributed by atoms with Gasteiger partial charge in [-0.3, -0.25) is 4.79 Å². The molecule has 0 atom stereocenters. The minimum Gasteiger partial charge on any atom is -0.326 e. The molecule has 1 N–H and O–H groups in total. The Bertz CT molecular complexity index is 609. The number of nitrogens with one attached hydrogen (secondary N) is 1. The summed E-state index contributed by atoms with van der Waals surface area (Å²) in [6, 6.07) is 17.8. The summed E-state index contributed by atoms with van der Waals surface area (Å²) in [5.41, 5.74) is 3.18. The second-order valence-electron chi connectivity index (χ2n) is 3.86. The maximum atomic E-state index is 10.9. The topological polar surface area (TPSA) is 52.9 Å². The van der Waals surface area contributed by atoms with Crippen LogP contribution in [0.25, 0.3) is 11.1 Å². The minimum absolute atomic E-state index is 0.0965. The lowest BCUT2D eigenvalue weighted by atomic mass is 10.0. The summed E-state index contributed by atoms with van der Waals surface area (Å²) >= 11 is 0. The van der Waals surface area contributed by atoms with Crippen LogP contribution in [-0.2, 0) is 4.79 Å². The lowest BCUT2D eigenvalue weighted by molar-refractivity contribution is -0.114. The second-order valence-corrected chi connectivity index (χ2v) is 3.86. The van der Waals surface area contributed by atoms with Gasteiger partial charge in [0.1, 0.15) is 0 Å². The molecule has 2 aromatic carbocycles. The fourth-order valence-electron chi connectivity index (χ4n) is 1.64. The number of hydrogen-bond donors (Lipinski definition) is 1. The molecule has 0 bridgehead atoms. The monoisotopic (exact) mass is 235 g/mol. The van der Waals surface area contributed by atoms with Crippen molar-refractivity contribution in [2.45, 2.75) is 6.92 Å². The van der Waals surface area contributed by atoms with Crippen LogP contribution in [-0.4, -0.2) is 5.91 Å². The fraction of sp³-hybridized carbons (Fsp3) is 0.0667. The Morgan fingerprint density at radius 3 is 2.61 bits per heavy atom. The lowest BCUT2D eigenvalue weighted by Crippen LogP contribution is -2.05. The molecule has 3 nitrogen and oxygen atoms in total. The molecule has 18 heavy (non-hydrogen) atoms. The molecule has 3 heteroatoms. The van der Waals surface area contributed by atoms with Crippen LogP contribution in [0, 0.1) is 17.4 Å². The van der Waals surface area contributed by atoms with Crippen LogP contribution >= 0.6 is 0 Å². The van der Waals surface area contributed by atoms with E-state index in [4.69, 9.17) is 5.26 Å². The number of anilines is 1. The smallest absolute Gasteiger partial charge is 0.221 e. The highest BCUT2D eigenvalue weighted by Crippen LogP contribution is 2.21. The van der Waals surface area contributed by atoms with E-state index in [-0.39, 0.29) is 5.91 Å². The quantitative estimate of drug-likeness (QED) is 0.869. The summed E-state index contributed by atoms with van der Waals surface area (Å²) in [6.45, 7) is 1.47. The Morgan fingerprint density at radius 2 is 2.00 bits per heavy atom. The van der Waals surface area contributed by atoms with Gasteiger partial charge in [0.25, 0.3) is 0 Å². The molecule has 0 aromatic heterocycles. The molecule has 0 saturated heterocycles. The van der Waals surface area contributed by atoms with E-state index in [1.807, 2.05) is 24.3 Å². The largest absolute Gasteiger partial charge is 0.326 e. The van der Waals surface area contributed by atoms with Crippen LogP contribution in [0.15, 0.2) is 42.5 Å². The molecule has 0 unspecified atom stereocenters. The Hall–Kier alpha value is -2.60.